The van der Waals surface area contributed by atoms with Crippen molar-refractivity contribution in [3.05, 3.63) is 0 Å². The van der Waals surface area contributed by atoms with Crippen molar-refractivity contribution >= 4 is 31.2 Å². The molecule has 1 amide bonds. The van der Waals surface area contributed by atoms with Crippen molar-refractivity contribution < 1.29 is 4.79 Å². The molecule has 0 unspecified atom stereocenters. The maximum atomic E-state index is 11.0. The molecule has 0 aliphatic heterocycles. The molecule has 1 aliphatic carbocycles. The Balaban J connectivity index is 2.59. The lowest BCUT2D eigenvalue weighted by atomic mass is 9.86. The maximum absolute atomic E-state index is 11.0. The number of thiol groups is 2. The number of carbonyl (C=O) groups is 1. The van der Waals surface area contributed by atoms with Gasteiger partial charge >= 0.3 is 0 Å². The van der Waals surface area contributed by atoms with Gasteiger partial charge < -0.3 is 5.73 Å². The molecular formula is C8H15NOS2. The van der Waals surface area contributed by atoms with Crippen LogP contribution in [0, 0.1) is 5.92 Å². The van der Waals surface area contributed by atoms with Gasteiger partial charge in [-0.3, -0.25) is 4.79 Å². The molecule has 4 heteroatoms. The number of amides is 1. The first-order chi connectivity index (χ1) is 5.55. The second-order valence-electron chi connectivity index (χ2n) is 3.43. The van der Waals surface area contributed by atoms with E-state index in [1.807, 2.05) is 0 Å². The largest absolute Gasteiger partial charge is 0.368 e. The van der Waals surface area contributed by atoms with E-state index < -0.39 is 9.99 Å². The summed E-state index contributed by atoms with van der Waals surface area (Å²) in [5, 5.41) is 0. The van der Waals surface area contributed by atoms with Crippen molar-refractivity contribution in [3.63, 3.8) is 0 Å². The molecule has 1 rings (SSSR count). The second kappa shape index (κ2) is 3.92. The van der Waals surface area contributed by atoms with Crippen LogP contribution in [0.3, 0.4) is 0 Å². The predicted octanol–water partition coefficient (Wildman–Crippen LogP) is 1.61. The summed E-state index contributed by atoms with van der Waals surface area (Å²) in [6.07, 6.45) is 5.64. The Morgan fingerprint density at radius 3 is 2.17 bits per heavy atom. The van der Waals surface area contributed by atoms with Crippen molar-refractivity contribution in [2.24, 2.45) is 11.7 Å². The molecule has 1 aliphatic rings. The summed E-state index contributed by atoms with van der Waals surface area (Å²) in [6.45, 7) is 0. The average molecular weight is 205 g/mol. The van der Waals surface area contributed by atoms with E-state index in [0.717, 1.165) is 12.8 Å². The van der Waals surface area contributed by atoms with Gasteiger partial charge in [-0.2, -0.15) is 25.3 Å². The molecule has 12 heavy (non-hydrogen) atoms. The lowest BCUT2D eigenvalue weighted by Crippen LogP contribution is -2.41. The van der Waals surface area contributed by atoms with Crippen LogP contribution in [0.25, 0.3) is 0 Å². The van der Waals surface area contributed by atoms with Gasteiger partial charge in [-0.1, -0.05) is 19.3 Å². The zero-order valence-electron chi connectivity index (χ0n) is 6.99. The van der Waals surface area contributed by atoms with E-state index >= 15 is 0 Å². The van der Waals surface area contributed by atoms with Crippen LogP contribution in [0.4, 0.5) is 0 Å². The van der Waals surface area contributed by atoms with Crippen LogP contribution in [0.1, 0.15) is 32.1 Å². The van der Waals surface area contributed by atoms with E-state index in [0.29, 0.717) is 0 Å². The number of primary amides is 1. The number of hydrogen-bond donors (Lipinski definition) is 3. The monoisotopic (exact) mass is 205 g/mol. The van der Waals surface area contributed by atoms with Gasteiger partial charge in [0.2, 0.25) is 5.91 Å². The molecule has 0 aromatic carbocycles. The standard InChI is InChI=1S/C8H15NOS2/c9-7(10)8(11,12)6-4-2-1-3-5-6/h6,11-12H,1-5H2,(H2,9,10). The molecule has 1 fully saturated rings. The zero-order chi connectivity index (χ0) is 9.19. The highest BCUT2D eigenvalue weighted by molar-refractivity contribution is 8.02. The molecule has 2 N–H and O–H groups in total. The van der Waals surface area contributed by atoms with Crippen LogP contribution < -0.4 is 5.73 Å². The van der Waals surface area contributed by atoms with E-state index in [9.17, 15) is 4.79 Å². The molecular weight excluding hydrogens is 190 g/mol. The van der Waals surface area contributed by atoms with Gasteiger partial charge in [0, 0.05) is 0 Å². The molecule has 0 atom stereocenters. The second-order valence-corrected chi connectivity index (χ2v) is 5.19. The molecule has 0 spiro atoms. The van der Waals surface area contributed by atoms with Gasteiger partial charge in [0.05, 0.1) is 0 Å². The minimum absolute atomic E-state index is 0.246. The normalized spacial score (nSPS) is 20.8. The van der Waals surface area contributed by atoms with Crippen LogP contribution >= 0.6 is 25.3 Å². The van der Waals surface area contributed by atoms with Gasteiger partial charge in [-0.25, -0.2) is 0 Å². The van der Waals surface area contributed by atoms with Gasteiger partial charge in [0.1, 0.15) is 4.08 Å². The molecule has 1 saturated carbocycles. The smallest absolute Gasteiger partial charge is 0.243 e. The fraction of sp³-hybridized carbons (Fsp3) is 0.875. The molecule has 0 heterocycles. The first-order valence-corrected chi connectivity index (χ1v) is 5.19. The average Bonchev–Trinajstić information content (AvgIpc) is 2.06. The molecule has 0 bridgehead atoms. The Kier molecular flexibility index (Phi) is 3.35. The topological polar surface area (TPSA) is 43.1 Å². The van der Waals surface area contributed by atoms with Gasteiger partial charge in [0.15, 0.2) is 0 Å². The van der Waals surface area contributed by atoms with Crippen LogP contribution in [-0.2, 0) is 4.79 Å². The van der Waals surface area contributed by atoms with E-state index in [4.69, 9.17) is 5.73 Å². The van der Waals surface area contributed by atoms with Crippen molar-refractivity contribution in [3.8, 4) is 0 Å². The third-order valence-corrected chi connectivity index (χ3v) is 3.71. The van der Waals surface area contributed by atoms with Crippen molar-refractivity contribution in [1.82, 2.24) is 0 Å². The minimum Gasteiger partial charge on any atom is -0.368 e. The maximum Gasteiger partial charge on any atom is 0.243 e. The number of nitrogens with two attached hydrogens (primary N) is 1. The summed E-state index contributed by atoms with van der Waals surface area (Å²) in [5.41, 5.74) is 5.21. The third kappa shape index (κ3) is 2.10. The predicted molar refractivity (Wildman–Crippen MR) is 56.5 cm³/mol. The van der Waals surface area contributed by atoms with Gasteiger partial charge in [-0.15, -0.1) is 0 Å². The van der Waals surface area contributed by atoms with Gasteiger partial charge in [-0.05, 0) is 18.8 Å². The summed E-state index contributed by atoms with van der Waals surface area (Å²) in [5.74, 6) is -0.170. The molecule has 2 nitrogen and oxygen atoms in total. The number of rotatable bonds is 2. The van der Waals surface area contributed by atoms with Crippen molar-refractivity contribution in [2.45, 2.75) is 36.2 Å². The van der Waals surface area contributed by atoms with Gasteiger partial charge in [0.25, 0.3) is 0 Å². The van der Waals surface area contributed by atoms with E-state index in [-0.39, 0.29) is 5.92 Å². The number of hydrogen-bond acceptors (Lipinski definition) is 3. The van der Waals surface area contributed by atoms with Crippen LogP contribution in [-0.4, -0.2) is 9.99 Å². The Labute approximate surface area is 84.1 Å². The number of carbonyl (C=O) groups excluding carboxylic acids is 1. The van der Waals surface area contributed by atoms with Crippen LogP contribution in [0.15, 0.2) is 0 Å². The molecule has 70 valence electrons. The van der Waals surface area contributed by atoms with E-state index in [1.54, 1.807) is 0 Å². The van der Waals surface area contributed by atoms with E-state index in [2.05, 4.69) is 25.3 Å². The zero-order valence-corrected chi connectivity index (χ0v) is 8.78. The Morgan fingerprint density at radius 1 is 1.25 bits per heavy atom. The van der Waals surface area contributed by atoms with Crippen molar-refractivity contribution in [2.75, 3.05) is 0 Å². The fourth-order valence-corrected chi connectivity index (χ4v) is 2.22. The van der Waals surface area contributed by atoms with Crippen LogP contribution in [0.5, 0.6) is 0 Å². The summed E-state index contributed by atoms with van der Waals surface area (Å²) >= 11 is 8.43. The molecule has 0 aromatic heterocycles. The van der Waals surface area contributed by atoms with Crippen molar-refractivity contribution in [1.29, 1.82) is 0 Å². The molecule has 0 saturated heterocycles. The quantitative estimate of drug-likeness (QED) is 0.465. The highest BCUT2D eigenvalue weighted by Gasteiger charge is 2.37. The Morgan fingerprint density at radius 2 is 1.75 bits per heavy atom. The first kappa shape index (κ1) is 10.3. The Hall–Kier alpha value is 0.170. The lowest BCUT2D eigenvalue weighted by molar-refractivity contribution is -0.119. The third-order valence-electron chi connectivity index (χ3n) is 2.54. The Bertz CT molecular complexity index is 176. The summed E-state index contributed by atoms with van der Waals surface area (Å²) in [7, 11) is 0. The highest BCUT2D eigenvalue weighted by atomic mass is 32.2. The molecule has 0 aromatic rings. The van der Waals surface area contributed by atoms with E-state index in [1.165, 1.54) is 19.3 Å². The van der Waals surface area contributed by atoms with Crippen LogP contribution in [0.2, 0.25) is 0 Å². The first-order valence-electron chi connectivity index (χ1n) is 4.30. The fourth-order valence-electron chi connectivity index (χ4n) is 1.71. The lowest BCUT2D eigenvalue weighted by Gasteiger charge is -2.32. The molecule has 0 radical (unpaired) electrons. The summed E-state index contributed by atoms with van der Waals surface area (Å²) in [4.78, 5) is 11.0. The summed E-state index contributed by atoms with van der Waals surface area (Å²) in [6, 6.07) is 0. The summed E-state index contributed by atoms with van der Waals surface area (Å²) < 4.78 is -0.902. The highest BCUT2D eigenvalue weighted by Crippen LogP contribution is 2.39. The SMILES string of the molecule is NC(=O)C(S)(S)C1CCCCC1. The minimum atomic E-state index is -0.902.